The molecule has 1 unspecified atom stereocenters. The Bertz CT molecular complexity index is 784. The third-order valence-electron chi connectivity index (χ3n) is 5.10. The smallest absolute Gasteiger partial charge is 0.253 e. The van der Waals surface area contributed by atoms with Crippen molar-refractivity contribution >= 4 is 21.7 Å². The first-order valence-electron chi connectivity index (χ1n) is 9.53. The molecule has 0 spiro atoms. The molecule has 0 bridgehead atoms. The van der Waals surface area contributed by atoms with Crippen molar-refractivity contribution in [2.24, 2.45) is 4.99 Å². The molecule has 0 saturated carbocycles. The van der Waals surface area contributed by atoms with Crippen molar-refractivity contribution in [3.8, 4) is 0 Å². The predicted octanol–water partition coefficient (Wildman–Crippen LogP) is 1.16. The maximum atomic E-state index is 12.5. The third-order valence-corrected chi connectivity index (χ3v) is 6.87. The number of guanidine groups is 1. The van der Waals surface area contributed by atoms with Crippen molar-refractivity contribution in [2.45, 2.75) is 38.3 Å². The highest BCUT2D eigenvalue weighted by atomic mass is 32.2. The first-order chi connectivity index (χ1) is 13.0. The molecule has 0 aliphatic carbocycles. The number of piperidine rings is 1. The zero-order valence-corrected chi connectivity index (χ0v) is 16.6. The van der Waals surface area contributed by atoms with E-state index in [9.17, 15) is 13.2 Å². The molecule has 148 valence electrons. The number of hydrogen-bond acceptors (Lipinski definition) is 4. The molecule has 3 rings (SSSR count). The standard InChI is InChI=1S/C19H28N4O3S/c1-20-19(22-17-9-12-27(25,26)14-17)21-13-15-5-7-16(8-6-15)18(24)23-10-3-2-4-11-23/h5-8,17H,2-4,9-14H2,1H3,(H2,20,21,22). The van der Waals surface area contributed by atoms with Crippen LogP contribution in [0, 0.1) is 0 Å². The van der Waals surface area contributed by atoms with Gasteiger partial charge < -0.3 is 15.5 Å². The second-order valence-corrected chi connectivity index (χ2v) is 9.45. The van der Waals surface area contributed by atoms with Gasteiger partial charge in [0.05, 0.1) is 11.5 Å². The van der Waals surface area contributed by atoms with Gasteiger partial charge in [0.1, 0.15) is 0 Å². The van der Waals surface area contributed by atoms with Gasteiger partial charge in [-0.15, -0.1) is 0 Å². The number of amides is 1. The Kier molecular flexibility index (Phi) is 6.36. The SMILES string of the molecule is CN=C(NCc1ccc(C(=O)N2CCCCC2)cc1)NC1CCS(=O)(=O)C1. The molecule has 0 radical (unpaired) electrons. The molecule has 7 nitrogen and oxygen atoms in total. The van der Waals surface area contributed by atoms with Gasteiger partial charge in [0, 0.05) is 38.3 Å². The van der Waals surface area contributed by atoms with E-state index in [2.05, 4.69) is 15.6 Å². The molecule has 2 N–H and O–H groups in total. The van der Waals surface area contributed by atoms with Crippen LogP contribution < -0.4 is 10.6 Å². The van der Waals surface area contributed by atoms with E-state index in [1.165, 1.54) is 6.42 Å². The molecule has 0 aromatic heterocycles. The van der Waals surface area contributed by atoms with Gasteiger partial charge in [-0.3, -0.25) is 9.79 Å². The Morgan fingerprint density at radius 1 is 1.19 bits per heavy atom. The lowest BCUT2D eigenvalue weighted by Crippen LogP contribution is -2.43. The van der Waals surface area contributed by atoms with Gasteiger partial charge in [-0.05, 0) is 43.4 Å². The van der Waals surface area contributed by atoms with Crippen LogP contribution in [0.25, 0.3) is 0 Å². The van der Waals surface area contributed by atoms with E-state index in [0.717, 1.165) is 37.1 Å². The van der Waals surface area contributed by atoms with Crippen LogP contribution >= 0.6 is 0 Å². The van der Waals surface area contributed by atoms with E-state index in [1.807, 2.05) is 29.2 Å². The highest BCUT2D eigenvalue weighted by molar-refractivity contribution is 7.91. The summed E-state index contributed by atoms with van der Waals surface area (Å²) >= 11 is 0. The Balaban J connectivity index is 1.51. The molecule has 2 aliphatic heterocycles. The van der Waals surface area contributed by atoms with E-state index in [-0.39, 0.29) is 23.5 Å². The fourth-order valence-corrected chi connectivity index (χ4v) is 5.20. The molecular formula is C19H28N4O3S. The van der Waals surface area contributed by atoms with Gasteiger partial charge in [0.15, 0.2) is 15.8 Å². The summed E-state index contributed by atoms with van der Waals surface area (Å²) in [5.74, 6) is 1.08. The Morgan fingerprint density at radius 2 is 1.89 bits per heavy atom. The number of aliphatic imine (C=N–C) groups is 1. The molecular weight excluding hydrogens is 364 g/mol. The van der Waals surface area contributed by atoms with Crippen LogP contribution in [-0.2, 0) is 16.4 Å². The minimum Gasteiger partial charge on any atom is -0.353 e. The summed E-state index contributed by atoms with van der Waals surface area (Å²) in [6.07, 6.45) is 3.98. The summed E-state index contributed by atoms with van der Waals surface area (Å²) in [6, 6.07) is 7.53. The molecule has 1 aromatic carbocycles. The zero-order valence-electron chi connectivity index (χ0n) is 15.8. The van der Waals surface area contributed by atoms with Crippen molar-refractivity contribution in [3.05, 3.63) is 35.4 Å². The van der Waals surface area contributed by atoms with Crippen molar-refractivity contribution in [2.75, 3.05) is 31.6 Å². The lowest BCUT2D eigenvalue weighted by molar-refractivity contribution is 0.0724. The van der Waals surface area contributed by atoms with Crippen molar-refractivity contribution < 1.29 is 13.2 Å². The number of carbonyl (C=O) groups is 1. The van der Waals surface area contributed by atoms with Crippen LogP contribution in [0.15, 0.2) is 29.3 Å². The number of nitrogens with zero attached hydrogens (tertiary/aromatic N) is 2. The number of hydrogen-bond donors (Lipinski definition) is 2. The molecule has 27 heavy (non-hydrogen) atoms. The second-order valence-electron chi connectivity index (χ2n) is 7.22. The zero-order chi connectivity index (χ0) is 19.3. The van der Waals surface area contributed by atoms with E-state index >= 15 is 0 Å². The maximum absolute atomic E-state index is 12.5. The first kappa shape index (κ1) is 19.7. The van der Waals surface area contributed by atoms with Crippen LogP contribution in [0.4, 0.5) is 0 Å². The first-order valence-corrected chi connectivity index (χ1v) is 11.3. The molecule has 1 aromatic rings. The molecule has 2 saturated heterocycles. The summed E-state index contributed by atoms with van der Waals surface area (Å²) in [5.41, 5.74) is 1.76. The lowest BCUT2D eigenvalue weighted by atomic mass is 10.1. The van der Waals surface area contributed by atoms with Crippen LogP contribution in [0.2, 0.25) is 0 Å². The molecule has 2 fully saturated rings. The van der Waals surface area contributed by atoms with Gasteiger partial charge in [-0.2, -0.15) is 0 Å². The van der Waals surface area contributed by atoms with E-state index in [0.29, 0.717) is 18.9 Å². The van der Waals surface area contributed by atoms with Crippen LogP contribution in [0.3, 0.4) is 0 Å². The average Bonchev–Trinajstić information content (AvgIpc) is 3.04. The minimum atomic E-state index is -2.92. The van der Waals surface area contributed by atoms with E-state index in [1.54, 1.807) is 7.05 Å². The quantitative estimate of drug-likeness (QED) is 0.593. The number of benzene rings is 1. The van der Waals surface area contributed by atoms with Gasteiger partial charge in [0.2, 0.25) is 0 Å². The molecule has 2 heterocycles. The van der Waals surface area contributed by atoms with Crippen LogP contribution in [-0.4, -0.2) is 62.9 Å². The third kappa shape index (κ3) is 5.45. The fourth-order valence-electron chi connectivity index (χ4n) is 3.53. The Labute approximate surface area is 161 Å². The Hall–Kier alpha value is -2.09. The fraction of sp³-hybridized carbons (Fsp3) is 0.579. The van der Waals surface area contributed by atoms with Gasteiger partial charge in [-0.25, -0.2) is 8.42 Å². The minimum absolute atomic E-state index is 0.0919. The summed E-state index contributed by atoms with van der Waals surface area (Å²) in [5, 5.41) is 6.36. The number of rotatable bonds is 4. The van der Waals surface area contributed by atoms with Crippen molar-refractivity contribution in [1.82, 2.24) is 15.5 Å². The van der Waals surface area contributed by atoms with Crippen LogP contribution in [0.1, 0.15) is 41.6 Å². The van der Waals surface area contributed by atoms with Crippen molar-refractivity contribution in [3.63, 3.8) is 0 Å². The van der Waals surface area contributed by atoms with Gasteiger partial charge in [0.25, 0.3) is 5.91 Å². The highest BCUT2D eigenvalue weighted by Gasteiger charge is 2.28. The van der Waals surface area contributed by atoms with E-state index < -0.39 is 9.84 Å². The van der Waals surface area contributed by atoms with Crippen molar-refractivity contribution in [1.29, 1.82) is 0 Å². The number of carbonyl (C=O) groups excluding carboxylic acids is 1. The topological polar surface area (TPSA) is 90.9 Å². The monoisotopic (exact) mass is 392 g/mol. The summed E-state index contributed by atoms with van der Waals surface area (Å²) < 4.78 is 23.1. The van der Waals surface area contributed by atoms with Crippen LogP contribution in [0.5, 0.6) is 0 Å². The van der Waals surface area contributed by atoms with Gasteiger partial charge in [-0.1, -0.05) is 12.1 Å². The largest absolute Gasteiger partial charge is 0.353 e. The Morgan fingerprint density at radius 3 is 2.48 bits per heavy atom. The molecule has 2 aliphatic rings. The summed E-state index contributed by atoms with van der Waals surface area (Å²) in [4.78, 5) is 18.6. The average molecular weight is 393 g/mol. The number of likely N-dealkylation sites (tertiary alicyclic amines) is 1. The normalized spacial score (nSPS) is 22.5. The lowest BCUT2D eigenvalue weighted by Gasteiger charge is -2.26. The molecule has 1 amide bonds. The second kappa shape index (κ2) is 8.73. The number of sulfone groups is 1. The summed E-state index contributed by atoms with van der Waals surface area (Å²) in [6.45, 7) is 2.25. The van der Waals surface area contributed by atoms with E-state index in [4.69, 9.17) is 0 Å². The van der Waals surface area contributed by atoms with Gasteiger partial charge >= 0.3 is 0 Å². The predicted molar refractivity (Wildman–Crippen MR) is 107 cm³/mol. The maximum Gasteiger partial charge on any atom is 0.253 e. The molecule has 8 heteroatoms. The number of nitrogens with one attached hydrogen (secondary N) is 2. The summed E-state index contributed by atoms with van der Waals surface area (Å²) in [7, 11) is -1.25. The molecule has 1 atom stereocenters. The highest BCUT2D eigenvalue weighted by Crippen LogP contribution is 2.14.